The van der Waals surface area contributed by atoms with Crippen LogP contribution in [0.5, 0.6) is 0 Å². The second kappa shape index (κ2) is 7.95. The minimum Gasteiger partial charge on any atom is -0.372 e. The van der Waals surface area contributed by atoms with Crippen molar-refractivity contribution in [3.8, 4) is 0 Å². The van der Waals surface area contributed by atoms with Gasteiger partial charge in [-0.15, -0.1) is 5.10 Å². The van der Waals surface area contributed by atoms with Gasteiger partial charge < -0.3 is 15.1 Å². The quantitative estimate of drug-likeness (QED) is 0.877. The van der Waals surface area contributed by atoms with Crippen LogP contribution in [0.15, 0.2) is 30.5 Å². The molecule has 128 valence electrons. The molecule has 0 radical (unpaired) electrons. The first-order valence-electron chi connectivity index (χ1n) is 8.87. The molecular weight excluding hydrogens is 300 g/mol. The second-order valence-corrected chi connectivity index (χ2v) is 6.03. The van der Waals surface area contributed by atoms with Crippen molar-refractivity contribution in [1.82, 2.24) is 15.2 Å². The zero-order valence-corrected chi connectivity index (χ0v) is 14.6. The molecule has 0 spiro atoms. The molecule has 24 heavy (non-hydrogen) atoms. The molecule has 1 aromatic carbocycles. The van der Waals surface area contributed by atoms with E-state index < -0.39 is 0 Å². The van der Waals surface area contributed by atoms with Crippen molar-refractivity contribution < 1.29 is 0 Å². The van der Waals surface area contributed by atoms with Gasteiger partial charge in [-0.05, 0) is 57.4 Å². The number of hydrogen-bond donors (Lipinski definition) is 1. The summed E-state index contributed by atoms with van der Waals surface area (Å²) in [5.41, 5.74) is 2.25. The Morgan fingerprint density at radius 1 is 1.04 bits per heavy atom. The molecule has 0 saturated carbocycles. The van der Waals surface area contributed by atoms with Crippen molar-refractivity contribution in [1.29, 1.82) is 0 Å². The number of rotatable bonds is 6. The Morgan fingerprint density at radius 3 is 2.42 bits per heavy atom. The van der Waals surface area contributed by atoms with E-state index in [9.17, 15) is 0 Å². The lowest BCUT2D eigenvalue weighted by Gasteiger charge is -2.26. The van der Waals surface area contributed by atoms with Gasteiger partial charge in [0.2, 0.25) is 5.95 Å². The van der Waals surface area contributed by atoms with Crippen LogP contribution in [0.2, 0.25) is 0 Å². The van der Waals surface area contributed by atoms with E-state index >= 15 is 0 Å². The third kappa shape index (κ3) is 3.93. The van der Waals surface area contributed by atoms with Crippen molar-refractivity contribution in [2.24, 2.45) is 0 Å². The summed E-state index contributed by atoms with van der Waals surface area (Å²) in [5, 5.41) is 11.6. The van der Waals surface area contributed by atoms with Crippen LogP contribution in [0, 0.1) is 0 Å². The molecule has 0 aliphatic carbocycles. The number of nitrogens with zero attached hydrogens (tertiary/aromatic N) is 5. The van der Waals surface area contributed by atoms with Gasteiger partial charge in [0.25, 0.3) is 0 Å². The first-order valence-corrected chi connectivity index (χ1v) is 8.87. The fourth-order valence-electron chi connectivity index (χ4n) is 3.07. The first-order chi connectivity index (χ1) is 11.8. The van der Waals surface area contributed by atoms with E-state index in [4.69, 9.17) is 0 Å². The number of anilines is 4. The minimum absolute atomic E-state index is 0.722. The zero-order valence-electron chi connectivity index (χ0n) is 14.6. The van der Waals surface area contributed by atoms with E-state index in [-0.39, 0.29) is 0 Å². The molecule has 6 nitrogen and oxygen atoms in total. The summed E-state index contributed by atoms with van der Waals surface area (Å²) in [6, 6.07) is 8.43. The van der Waals surface area contributed by atoms with Crippen molar-refractivity contribution in [3.05, 3.63) is 30.5 Å². The van der Waals surface area contributed by atoms with Gasteiger partial charge >= 0.3 is 0 Å². The van der Waals surface area contributed by atoms with E-state index in [0.29, 0.717) is 0 Å². The summed E-state index contributed by atoms with van der Waals surface area (Å²) in [5.74, 6) is 1.46. The molecule has 1 fully saturated rings. The predicted octanol–water partition coefficient (Wildman–Crippen LogP) is 3.45. The van der Waals surface area contributed by atoms with Crippen molar-refractivity contribution in [2.75, 3.05) is 41.3 Å². The summed E-state index contributed by atoms with van der Waals surface area (Å²) in [6.07, 6.45) is 5.37. The summed E-state index contributed by atoms with van der Waals surface area (Å²) in [4.78, 5) is 9.15. The largest absolute Gasteiger partial charge is 0.372 e. The molecular formula is C18H26N6. The maximum Gasteiger partial charge on any atom is 0.247 e. The van der Waals surface area contributed by atoms with Crippen LogP contribution < -0.4 is 15.1 Å². The Bertz CT molecular complexity index is 632. The monoisotopic (exact) mass is 326 g/mol. The van der Waals surface area contributed by atoms with Crippen LogP contribution in [0.4, 0.5) is 23.1 Å². The van der Waals surface area contributed by atoms with Crippen molar-refractivity contribution in [3.63, 3.8) is 0 Å². The molecule has 0 amide bonds. The van der Waals surface area contributed by atoms with E-state index in [2.05, 4.69) is 68.4 Å². The lowest BCUT2D eigenvalue weighted by Crippen LogP contribution is -2.31. The maximum absolute atomic E-state index is 4.61. The highest BCUT2D eigenvalue weighted by Crippen LogP contribution is 2.21. The average molecular weight is 326 g/mol. The molecule has 1 aromatic heterocycles. The molecule has 3 rings (SSSR count). The molecule has 0 unspecified atom stereocenters. The highest BCUT2D eigenvalue weighted by Gasteiger charge is 2.14. The predicted molar refractivity (Wildman–Crippen MR) is 99.2 cm³/mol. The molecule has 2 aromatic rings. The van der Waals surface area contributed by atoms with Gasteiger partial charge in [-0.25, -0.2) is 0 Å². The van der Waals surface area contributed by atoms with E-state index in [0.717, 1.165) is 43.6 Å². The number of nitrogens with one attached hydrogen (secondary N) is 1. The lowest BCUT2D eigenvalue weighted by molar-refractivity contribution is 0.565. The smallest absolute Gasteiger partial charge is 0.247 e. The summed E-state index contributed by atoms with van der Waals surface area (Å²) in [6.45, 7) is 8.40. The van der Waals surface area contributed by atoms with E-state index in [1.807, 2.05) is 0 Å². The Morgan fingerprint density at radius 2 is 1.75 bits per heavy atom. The normalized spacial score (nSPS) is 14.5. The number of aromatic nitrogens is 3. The molecule has 1 N–H and O–H groups in total. The molecule has 1 saturated heterocycles. The fraction of sp³-hybridized carbons (Fsp3) is 0.500. The van der Waals surface area contributed by atoms with Crippen LogP contribution in [0.3, 0.4) is 0 Å². The van der Waals surface area contributed by atoms with Crippen LogP contribution in [-0.4, -0.2) is 41.4 Å². The standard InChI is InChI=1S/C18H26N6/c1-3-23(4-2)16-10-8-15(9-11-16)20-17-14-19-22-18(21-17)24-12-6-5-7-13-24/h8-11,14H,3-7,12-13H2,1-2H3,(H,20,21,22). The average Bonchev–Trinajstić information content (AvgIpc) is 2.65. The van der Waals surface area contributed by atoms with Gasteiger partial charge in [0.05, 0.1) is 6.20 Å². The maximum atomic E-state index is 4.61. The molecule has 1 aliphatic heterocycles. The number of benzene rings is 1. The summed E-state index contributed by atoms with van der Waals surface area (Å²) in [7, 11) is 0. The molecule has 0 bridgehead atoms. The molecule has 6 heteroatoms. The van der Waals surface area contributed by atoms with Crippen LogP contribution in [0.1, 0.15) is 33.1 Å². The van der Waals surface area contributed by atoms with Crippen LogP contribution >= 0.6 is 0 Å². The highest BCUT2D eigenvalue weighted by atomic mass is 15.3. The van der Waals surface area contributed by atoms with Gasteiger partial charge in [0.1, 0.15) is 0 Å². The van der Waals surface area contributed by atoms with Crippen LogP contribution in [-0.2, 0) is 0 Å². The fourth-order valence-corrected chi connectivity index (χ4v) is 3.07. The molecule has 1 aliphatic rings. The SMILES string of the molecule is CCN(CC)c1ccc(Nc2cnnc(N3CCCCC3)n2)cc1. The number of piperidine rings is 1. The Kier molecular flexibility index (Phi) is 5.46. The third-order valence-electron chi connectivity index (χ3n) is 4.45. The van der Waals surface area contributed by atoms with Gasteiger partial charge in [0, 0.05) is 37.6 Å². The Balaban J connectivity index is 1.69. The lowest BCUT2D eigenvalue weighted by atomic mass is 10.1. The van der Waals surface area contributed by atoms with Crippen LogP contribution in [0.25, 0.3) is 0 Å². The second-order valence-electron chi connectivity index (χ2n) is 6.03. The van der Waals surface area contributed by atoms with Gasteiger partial charge in [-0.3, -0.25) is 0 Å². The van der Waals surface area contributed by atoms with E-state index in [1.54, 1.807) is 6.20 Å². The molecule has 2 heterocycles. The summed E-state index contributed by atoms with van der Waals surface area (Å²) >= 11 is 0. The van der Waals surface area contributed by atoms with Gasteiger partial charge in [0.15, 0.2) is 5.82 Å². The number of hydrogen-bond acceptors (Lipinski definition) is 6. The molecule has 0 atom stereocenters. The van der Waals surface area contributed by atoms with Crippen molar-refractivity contribution in [2.45, 2.75) is 33.1 Å². The Hall–Kier alpha value is -2.37. The highest BCUT2D eigenvalue weighted by molar-refractivity contribution is 5.60. The van der Waals surface area contributed by atoms with E-state index in [1.165, 1.54) is 24.9 Å². The van der Waals surface area contributed by atoms with Gasteiger partial charge in [-0.2, -0.15) is 10.1 Å². The minimum atomic E-state index is 0.722. The van der Waals surface area contributed by atoms with Crippen molar-refractivity contribution >= 4 is 23.1 Å². The summed E-state index contributed by atoms with van der Waals surface area (Å²) < 4.78 is 0. The first kappa shape index (κ1) is 16.5. The zero-order chi connectivity index (χ0) is 16.8. The third-order valence-corrected chi connectivity index (χ3v) is 4.45. The van der Waals surface area contributed by atoms with Gasteiger partial charge in [-0.1, -0.05) is 0 Å². The topological polar surface area (TPSA) is 57.2 Å². The Labute approximate surface area is 143 Å².